The zero-order chi connectivity index (χ0) is 29.1. The molecule has 10 nitrogen and oxygen atoms in total. The summed E-state index contributed by atoms with van der Waals surface area (Å²) in [6, 6.07) is 7.23. The predicted octanol–water partition coefficient (Wildman–Crippen LogP) is 5.34. The molecule has 3 aromatic heterocycles. The topological polar surface area (TPSA) is 105 Å². The summed E-state index contributed by atoms with van der Waals surface area (Å²) in [5.74, 6) is -0.937. The molecule has 2 fully saturated rings. The molecule has 2 aliphatic heterocycles. The van der Waals surface area contributed by atoms with Crippen LogP contribution in [0.2, 0.25) is 0 Å². The molecule has 4 aromatic rings. The van der Waals surface area contributed by atoms with E-state index in [0.717, 1.165) is 36.8 Å². The van der Waals surface area contributed by atoms with Crippen LogP contribution in [-0.2, 0) is 4.74 Å². The van der Waals surface area contributed by atoms with E-state index >= 15 is 0 Å². The van der Waals surface area contributed by atoms with Crippen LogP contribution in [0.15, 0.2) is 42.9 Å². The van der Waals surface area contributed by atoms with Gasteiger partial charge in [0.1, 0.15) is 11.1 Å². The minimum atomic E-state index is -0.530. The number of hydrogen-bond donors (Lipinski definition) is 1. The number of carbonyl (C=O) groups is 2. The normalized spacial score (nSPS) is 20.4. The highest BCUT2D eigenvalue weighted by Crippen LogP contribution is 2.40. The molecular formula is C30H34FN7O3. The van der Waals surface area contributed by atoms with Crippen LogP contribution in [0.1, 0.15) is 62.5 Å². The summed E-state index contributed by atoms with van der Waals surface area (Å²) in [7, 11) is 2.05. The lowest BCUT2D eigenvalue weighted by molar-refractivity contribution is 0.00598. The first-order valence-electron chi connectivity index (χ1n) is 13.9. The zero-order valence-electron chi connectivity index (χ0n) is 23.9. The number of piperidine rings is 1. The van der Waals surface area contributed by atoms with Gasteiger partial charge in [-0.15, -0.1) is 5.10 Å². The summed E-state index contributed by atoms with van der Waals surface area (Å²) in [6.45, 7) is 7.46. The van der Waals surface area contributed by atoms with E-state index in [4.69, 9.17) is 4.74 Å². The van der Waals surface area contributed by atoms with Gasteiger partial charge < -0.3 is 24.3 Å². The molecule has 6 rings (SSSR count). The summed E-state index contributed by atoms with van der Waals surface area (Å²) in [5.41, 5.74) is 2.39. The molecule has 11 heteroatoms. The lowest BCUT2D eigenvalue weighted by Crippen LogP contribution is -2.53. The molecule has 2 amide bonds. The first kappa shape index (κ1) is 26.9. The third-order valence-electron chi connectivity index (χ3n) is 8.03. The van der Waals surface area contributed by atoms with Gasteiger partial charge in [0.25, 0.3) is 5.91 Å². The number of aryl methyl sites for hydroxylation is 1. The highest BCUT2D eigenvalue weighted by molar-refractivity contribution is 6.13. The fraction of sp³-hybridized carbons (Fsp3) is 0.433. The third-order valence-corrected chi connectivity index (χ3v) is 8.03. The number of fused-ring (bicyclic) bond motifs is 4. The largest absolute Gasteiger partial charge is 0.444 e. The van der Waals surface area contributed by atoms with Gasteiger partial charge in [-0.05, 0) is 71.6 Å². The van der Waals surface area contributed by atoms with Crippen LogP contribution < -0.4 is 10.2 Å². The van der Waals surface area contributed by atoms with Gasteiger partial charge in [-0.1, -0.05) is 0 Å². The van der Waals surface area contributed by atoms with Crippen molar-refractivity contribution >= 4 is 39.9 Å². The lowest BCUT2D eigenvalue weighted by Gasteiger charge is -2.43. The average molecular weight is 560 g/mol. The Hall–Kier alpha value is -4.28. The van der Waals surface area contributed by atoms with Crippen LogP contribution >= 0.6 is 0 Å². The second kappa shape index (κ2) is 9.97. The molecule has 2 bridgehead atoms. The SMILES string of the molecule is Cc1cn2cc(NC(=O)c3ccc(N(C)C4CC5CCC(C4)N5C(=O)OC(C)(C)C)c4ccnnc34)cc(F)c2n1. The van der Waals surface area contributed by atoms with Crippen molar-refractivity contribution in [3.63, 3.8) is 0 Å². The lowest BCUT2D eigenvalue weighted by atomic mass is 9.95. The van der Waals surface area contributed by atoms with E-state index in [1.807, 2.05) is 44.9 Å². The number of imidazole rings is 1. The fourth-order valence-corrected chi connectivity index (χ4v) is 6.28. The summed E-state index contributed by atoms with van der Waals surface area (Å²) < 4.78 is 21.8. The Bertz CT molecular complexity index is 1650. The molecule has 1 aromatic carbocycles. The first-order chi connectivity index (χ1) is 19.5. The molecular weight excluding hydrogens is 525 g/mol. The van der Waals surface area contributed by atoms with Crippen molar-refractivity contribution < 1.29 is 18.7 Å². The Morgan fingerprint density at radius 1 is 1.12 bits per heavy atom. The number of anilines is 2. The molecule has 0 spiro atoms. The van der Waals surface area contributed by atoms with Crippen molar-refractivity contribution in [2.24, 2.45) is 0 Å². The Kier molecular flexibility index (Phi) is 6.55. The Balaban J connectivity index is 1.24. The van der Waals surface area contributed by atoms with Gasteiger partial charge in [-0.25, -0.2) is 14.2 Å². The van der Waals surface area contributed by atoms with E-state index < -0.39 is 17.3 Å². The third kappa shape index (κ3) is 5.05. The number of carbonyl (C=O) groups excluding carboxylic acids is 2. The number of rotatable bonds is 4. The summed E-state index contributed by atoms with van der Waals surface area (Å²) in [4.78, 5) is 34.6. The number of pyridine rings is 1. The smallest absolute Gasteiger partial charge is 0.410 e. The highest BCUT2D eigenvalue weighted by Gasteiger charge is 2.46. The Morgan fingerprint density at radius 3 is 2.56 bits per heavy atom. The maximum Gasteiger partial charge on any atom is 0.410 e. The first-order valence-corrected chi connectivity index (χ1v) is 13.9. The summed E-state index contributed by atoms with van der Waals surface area (Å²) >= 11 is 0. The van der Waals surface area contributed by atoms with Gasteiger partial charge in [-0.2, -0.15) is 5.10 Å². The van der Waals surface area contributed by atoms with Gasteiger partial charge in [-0.3, -0.25) is 4.79 Å². The molecule has 0 radical (unpaired) electrons. The van der Waals surface area contributed by atoms with Crippen LogP contribution in [0.5, 0.6) is 0 Å². The quantitative estimate of drug-likeness (QED) is 0.360. The standard InChI is InChI=1S/C30H34FN7O3/c1-17-15-37-16-18(12-24(31)27(37)33-17)34-28(39)23-8-9-25(22-10-11-32-35-26(22)23)36(5)21-13-19-6-7-20(14-21)38(19)29(40)41-30(2,3)4/h8-12,15-16,19-21H,6-7,13-14H2,1-5H3,(H,34,39). The van der Waals surface area contributed by atoms with Crippen molar-refractivity contribution in [2.45, 2.75) is 77.1 Å². The number of ether oxygens (including phenoxy) is 1. The van der Waals surface area contributed by atoms with Gasteiger partial charge in [0.15, 0.2) is 11.5 Å². The maximum atomic E-state index is 14.6. The molecule has 5 heterocycles. The van der Waals surface area contributed by atoms with Crippen LogP contribution in [0.25, 0.3) is 16.6 Å². The maximum absolute atomic E-state index is 14.6. The number of hydrogen-bond acceptors (Lipinski definition) is 7. The van der Waals surface area contributed by atoms with E-state index in [-0.39, 0.29) is 29.9 Å². The second-order valence-corrected chi connectivity index (χ2v) is 12.1. The van der Waals surface area contributed by atoms with Crippen molar-refractivity contribution in [1.82, 2.24) is 24.5 Å². The number of benzene rings is 1. The second-order valence-electron chi connectivity index (χ2n) is 12.1. The van der Waals surface area contributed by atoms with Crippen LogP contribution in [0, 0.1) is 12.7 Å². The van der Waals surface area contributed by atoms with Gasteiger partial charge in [0.2, 0.25) is 0 Å². The molecule has 41 heavy (non-hydrogen) atoms. The molecule has 0 saturated carbocycles. The van der Waals surface area contributed by atoms with E-state index in [1.165, 1.54) is 6.07 Å². The van der Waals surface area contributed by atoms with E-state index in [1.54, 1.807) is 36.0 Å². The number of aromatic nitrogens is 4. The molecule has 214 valence electrons. The molecule has 2 atom stereocenters. The molecule has 2 saturated heterocycles. The van der Waals surface area contributed by atoms with Crippen LogP contribution in [0.4, 0.5) is 20.6 Å². The minimum Gasteiger partial charge on any atom is -0.444 e. The summed E-state index contributed by atoms with van der Waals surface area (Å²) in [5, 5.41) is 12.0. The van der Waals surface area contributed by atoms with Crippen LogP contribution in [-0.4, -0.2) is 67.3 Å². The van der Waals surface area contributed by atoms with Crippen molar-refractivity contribution in [3.8, 4) is 0 Å². The Labute approximate surface area is 237 Å². The number of amides is 2. The average Bonchev–Trinajstić information content (AvgIpc) is 3.42. The van der Waals surface area contributed by atoms with Gasteiger partial charge in [0.05, 0.1) is 23.1 Å². The molecule has 2 aliphatic rings. The van der Waals surface area contributed by atoms with Gasteiger partial charge >= 0.3 is 6.09 Å². The van der Waals surface area contributed by atoms with Crippen molar-refractivity contribution in [2.75, 3.05) is 17.3 Å². The monoisotopic (exact) mass is 559 g/mol. The number of nitrogens with zero attached hydrogens (tertiary/aromatic N) is 6. The Morgan fingerprint density at radius 2 is 1.85 bits per heavy atom. The van der Waals surface area contributed by atoms with Gasteiger partial charge in [0, 0.05) is 54.7 Å². The van der Waals surface area contributed by atoms with E-state index in [0.29, 0.717) is 22.5 Å². The van der Waals surface area contributed by atoms with E-state index in [9.17, 15) is 14.0 Å². The predicted molar refractivity (Wildman–Crippen MR) is 154 cm³/mol. The van der Waals surface area contributed by atoms with Crippen LogP contribution in [0.3, 0.4) is 0 Å². The fourth-order valence-electron chi connectivity index (χ4n) is 6.28. The number of halogens is 1. The van der Waals surface area contributed by atoms with E-state index in [2.05, 4.69) is 25.4 Å². The molecule has 2 unspecified atom stereocenters. The molecule has 0 aliphatic carbocycles. The highest BCUT2D eigenvalue weighted by atomic mass is 19.1. The van der Waals surface area contributed by atoms with Crippen molar-refractivity contribution in [3.05, 3.63) is 59.9 Å². The summed E-state index contributed by atoms with van der Waals surface area (Å²) in [6.07, 6.45) is 8.29. The zero-order valence-corrected chi connectivity index (χ0v) is 23.9. The molecule has 1 N–H and O–H groups in total. The minimum absolute atomic E-state index is 0.129. The number of nitrogens with one attached hydrogen (secondary N) is 1. The van der Waals surface area contributed by atoms with Crippen molar-refractivity contribution in [1.29, 1.82) is 0 Å².